The Morgan fingerprint density at radius 1 is 1.11 bits per heavy atom. The van der Waals surface area contributed by atoms with Gasteiger partial charge in [-0.25, -0.2) is 5.01 Å². The Balaban J connectivity index is 1.61. The van der Waals surface area contributed by atoms with Crippen LogP contribution in [0, 0.1) is 0 Å². The summed E-state index contributed by atoms with van der Waals surface area (Å²) in [6, 6.07) is 20.7. The molecule has 0 radical (unpaired) electrons. The molecule has 0 bridgehead atoms. The fourth-order valence-corrected chi connectivity index (χ4v) is 5.21. The van der Waals surface area contributed by atoms with Crippen molar-refractivity contribution >= 4 is 33.0 Å². The van der Waals surface area contributed by atoms with Crippen molar-refractivity contribution in [3.05, 3.63) is 80.5 Å². The molecule has 2 unspecified atom stereocenters. The average molecular weight is 455 g/mol. The largest absolute Gasteiger partial charge is 0.493 e. The Kier molecular flexibility index (Phi) is 4.61. The molecule has 4 nitrogen and oxygen atoms in total. The van der Waals surface area contributed by atoms with Crippen LogP contribution in [0.1, 0.15) is 41.6 Å². The summed E-state index contributed by atoms with van der Waals surface area (Å²) in [7, 11) is 0. The van der Waals surface area contributed by atoms with Gasteiger partial charge in [-0.3, -0.25) is 0 Å². The van der Waals surface area contributed by atoms with Gasteiger partial charge in [0, 0.05) is 12.0 Å². The lowest BCUT2D eigenvalue weighted by atomic mass is 9.97. The fourth-order valence-electron chi connectivity index (χ4n) is 3.83. The minimum absolute atomic E-state index is 0.153. The molecule has 3 aromatic rings. The van der Waals surface area contributed by atoms with E-state index in [0.29, 0.717) is 6.61 Å². The topological polar surface area (TPSA) is 34.1 Å². The van der Waals surface area contributed by atoms with Crippen molar-refractivity contribution in [3.63, 3.8) is 0 Å². The summed E-state index contributed by atoms with van der Waals surface area (Å²) in [4.78, 5) is 1.19. The monoisotopic (exact) mass is 454 g/mol. The number of ether oxygens (including phenoxy) is 2. The average Bonchev–Trinajstić information content (AvgIpc) is 3.35. The summed E-state index contributed by atoms with van der Waals surface area (Å²) in [5.41, 5.74) is 3.28. The van der Waals surface area contributed by atoms with E-state index < -0.39 is 0 Å². The number of hydrazone groups is 1. The Hall–Kier alpha value is -2.31. The molecule has 2 aliphatic heterocycles. The summed E-state index contributed by atoms with van der Waals surface area (Å²) >= 11 is 5.28. The summed E-state index contributed by atoms with van der Waals surface area (Å²) in [5.74, 6) is 1.76. The van der Waals surface area contributed by atoms with E-state index in [1.54, 1.807) is 11.3 Å². The van der Waals surface area contributed by atoms with E-state index in [1.165, 1.54) is 10.4 Å². The van der Waals surface area contributed by atoms with E-state index in [4.69, 9.17) is 14.6 Å². The smallest absolute Gasteiger partial charge is 0.217 e. The molecule has 0 spiro atoms. The molecule has 0 amide bonds. The first-order chi connectivity index (χ1) is 13.7. The summed E-state index contributed by atoms with van der Waals surface area (Å²) in [6.07, 6.45) is 0.546. The van der Waals surface area contributed by atoms with Gasteiger partial charge in [-0.05, 0) is 53.2 Å². The summed E-state index contributed by atoms with van der Waals surface area (Å²) in [6.45, 7) is 2.61. The van der Waals surface area contributed by atoms with Gasteiger partial charge in [-0.2, -0.15) is 5.10 Å². The number of thiophene rings is 1. The minimum atomic E-state index is -0.316. The zero-order valence-corrected chi connectivity index (χ0v) is 17.7. The second-order valence-corrected chi connectivity index (χ2v) is 9.19. The number of hydrogen-bond acceptors (Lipinski definition) is 5. The molecule has 1 aromatic heterocycles. The van der Waals surface area contributed by atoms with E-state index in [1.807, 2.05) is 37.3 Å². The highest BCUT2D eigenvalue weighted by molar-refractivity contribution is 9.11. The van der Waals surface area contributed by atoms with E-state index in [2.05, 4.69) is 51.3 Å². The fraction of sp³-hybridized carbons (Fsp3) is 0.227. The van der Waals surface area contributed by atoms with Crippen LogP contribution in [0.5, 0.6) is 11.5 Å². The van der Waals surface area contributed by atoms with Crippen LogP contribution in [-0.2, 0) is 0 Å². The highest BCUT2D eigenvalue weighted by Crippen LogP contribution is 2.49. The molecule has 2 atom stereocenters. The maximum Gasteiger partial charge on any atom is 0.217 e. The number of para-hydroxylation sites is 2. The summed E-state index contributed by atoms with van der Waals surface area (Å²) in [5, 5.41) is 7.11. The van der Waals surface area contributed by atoms with E-state index in [0.717, 1.165) is 33.0 Å². The van der Waals surface area contributed by atoms with Crippen LogP contribution in [0.25, 0.3) is 0 Å². The lowest BCUT2D eigenvalue weighted by Crippen LogP contribution is -2.34. The van der Waals surface area contributed by atoms with Crippen molar-refractivity contribution in [2.75, 3.05) is 6.61 Å². The Morgan fingerprint density at radius 3 is 2.68 bits per heavy atom. The van der Waals surface area contributed by atoms with Crippen molar-refractivity contribution in [1.29, 1.82) is 0 Å². The lowest BCUT2D eigenvalue weighted by Gasteiger charge is -2.38. The molecular formula is C22H19BrN2O2S. The third-order valence-corrected chi connectivity index (χ3v) is 6.71. The molecule has 3 heterocycles. The van der Waals surface area contributed by atoms with Gasteiger partial charge < -0.3 is 9.47 Å². The summed E-state index contributed by atoms with van der Waals surface area (Å²) < 4.78 is 13.4. The lowest BCUT2D eigenvalue weighted by molar-refractivity contribution is -0.0205. The van der Waals surface area contributed by atoms with Crippen molar-refractivity contribution in [2.45, 2.75) is 25.6 Å². The zero-order valence-electron chi connectivity index (χ0n) is 15.3. The Morgan fingerprint density at radius 2 is 1.89 bits per heavy atom. The normalized spacial score (nSPS) is 20.2. The molecule has 5 rings (SSSR count). The molecular weight excluding hydrogens is 436 g/mol. The number of halogens is 1. The molecule has 0 saturated carbocycles. The predicted octanol–water partition coefficient (Wildman–Crippen LogP) is 6.15. The van der Waals surface area contributed by atoms with Gasteiger partial charge in [0.2, 0.25) is 6.23 Å². The second-order valence-electron chi connectivity index (χ2n) is 6.73. The van der Waals surface area contributed by atoms with Crippen molar-refractivity contribution in [1.82, 2.24) is 5.01 Å². The van der Waals surface area contributed by atoms with E-state index >= 15 is 0 Å². The maximum absolute atomic E-state index is 6.44. The molecule has 0 saturated heterocycles. The van der Waals surface area contributed by atoms with Gasteiger partial charge in [0.1, 0.15) is 11.5 Å². The van der Waals surface area contributed by atoms with Crippen molar-refractivity contribution in [2.24, 2.45) is 5.10 Å². The standard InChI is InChI=1S/C22H19BrN2O2S/c1-2-26-18-9-5-4-8-15(18)22-25-17(14-7-3-6-10-19(14)27-22)13-16(24-25)20-11-12-21(23)28-20/h3-12,17,22H,2,13H2,1H3. The van der Waals surface area contributed by atoms with Crippen molar-refractivity contribution < 1.29 is 9.47 Å². The van der Waals surface area contributed by atoms with Gasteiger partial charge in [0.25, 0.3) is 0 Å². The quantitative estimate of drug-likeness (QED) is 0.473. The SMILES string of the molecule is CCOc1ccccc1C1Oc2ccccc2C2CC(c3ccc(Br)s3)=NN21. The molecule has 0 fully saturated rings. The predicted molar refractivity (Wildman–Crippen MR) is 115 cm³/mol. The van der Waals surface area contributed by atoms with Crippen LogP contribution in [0.2, 0.25) is 0 Å². The van der Waals surface area contributed by atoms with Gasteiger partial charge in [0.15, 0.2) is 0 Å². The van der Waals surface area contributed by atoms with E-state index in [-0.39, 0.29) is 12.3 Å². The molecule has 142 valence electrons. The van der Waals surface area contributed by atoms with Crippen LogP contribution >= 0.6 is 27.3 Å². The first-order valence-corrected chi connectivity index (χ1v) is 10.9. The first-order valence-electron chi connectivity index (χ1n) is 9.33. The maximum atomic E-state index is 6.44. The van der Waals surface area contributed by atoms with Gasteiger partial charge in [0.05, 0.1) is 32.6 Å². The molecule has 0 N–H and O–H groups in total. The number of benzene rings is 2. The van der Waals surface area contributed by atoms with Crippen LogP contribution in [0.15, 0.2) is 69.6 Å². The van der Waals surface area contributed by atoms with Crippen LogP contribution < -0.4 is 9.47 Å². The van der Waals surface area contributed by atoms with E-state index in [9.17, 15) is 0 Å². The van der Waals surface area contributed by atoms with Crippen LogP contribution in [-0.4, -0.2) is 17.3 Å². The Bertz CT molecular complexity index is 1050. The zero-order chi connectivity index (χ0) is 19.1. The number of fused-ring (bicyclic) bond motifs is 3. The third kappa shape index (κ3) is 3.01. The number of rotatable bonds is 4. The van der Waals surface area contributed by atoms with Gasteiger partial charge in [-0.15, -0.1) is 11.3 Å². The highest BCUT2D eigenvalue weighted by Gasteiger charge is 2.42. The van der Waals surface area contributed by atoms with Crippen LogP contribution in [0.4, 0.5) is 0 Å². The molecule has 28 heavy (non-hydrogen) atoms. The van der Waals surface area contributed by atoms with Gasteiger partial charge >= 0.3 is 0 Å². The molecule has 0 aliphatic carbocycles. The number of nitrogens with zero attached hydrogens (tertiary/aromatic N) is 2. The molecule has 2 aromatic carbocycles. The second kappa shape index (κ2) is 7.26. The highest BCUT2D eigenvalue weighted by atomic mass is 79.9. The minimum Gasteiger partial charge on any atom is -0.493 e. The molecule has 2 aliphatic rings. The van der Waals surface area contributed by atoms with Crippen molar-refractivity contribution in [3.8, 4) is 11.5 Å². The first kappa shape index (κ1) is 17.8. The third-order valence-electron chi connectivity index (χ3n) is 5.04. The van der Waals surface area contributed by atoms with Crippen LogP contribution in [0.3, 0.4) is 0 Å². The Labute approximate surface area is 176 Å². The number of hydrogen-bond donors (Lipinski definition) is 0. The van der Waals surface area contributed by atoms with Gasteiger partial charge in [-0.1, -0.05) is 30.3 Å². The molecule has 6 heteroatoms.